The molecular formula is C14H13NO3S. The number of amides is 1. The summed E-state index contributed by atoms with van der Waals surface area (Å²) in [6, 6.07) is 7.62. The molecule has 0 unspecified atom stereocenters. The lowest BCUT2D eigenvalue weighted by atomic mass is 10.2. The highest BCUT2D eigenvalue weighted by molar-refractivity contribution is 7.12. The van der Waals surface area contributed by atoms with Crippen LogP contribution in [-0.4, -0.2) is 12.7 Å². The number of benzene rings is 1. The summed E-state index contributed by atoms with van der Waals surface area (Å²) < 4.78 is 10.6. The molecule has 0 spiro atoms. The van der Waals surface area contributed by atoms with E-state index >= 15 is 0 Å². The molecule has 19 heavy (non-hydrogen) atoms. The SMILES string of the molecule is Cc1ccsc1C(=O)NCc1ccc2c(c1)OCO2. The molecule has 2 aromatic rings. The van der Waals surface area contributed by atoms with Crippen molar-refractivity contribution in [1.82, 2.24) is 5.32 Å². The van der Waals surface area contributed by atoms with Crippen LogP contribution < -0.4 is 14.8 Å². The molecular weight excluding hydrogens is 262 g/mol. The number of rotatable bonds is 3. The second-order valence-electron chi connectivity index (χ2n) is 4.30. The van der Waals surface area contributed by atoms with Gasteiger partial charge in [0.1, 0.15) is 0 Å². The van der Waals surface area contributed by atoms with Crippen molar-refractivity contribution in [2.24, 2.45) is 0 Å². The van der Waals surface area contributed by atoms with E-state index in [0.29, 0.717) is 6.54 Å². The summed E-state index contributed by atoms with van der Waals surface area (Å²) in [5.41, 5.74) is 2.00. The first-order valence-corrected chi connectivity index (χ1v) is 6.83. The van der Waals surface area contributed by atoms with Crippen molar-refractivity contribution < 1.29 is 14.3 Å². The number of thiophene rings is 1. The molecule has 1 aromatic carbocycles. The van der Waals surface area contributed by atoms with Gasteiger partial charge in [0.2, 0.25) is 6.79 Å². The molecule has 1 aliphatic heterocycles. The summed E-state index contributed by atoms with van der Waals surface area (Å²) in [6.45, 7) is 2.68. The van der Waals surface area contributed by atoms with E-state index in [4.69, 9.17) is 9.47 Å². The van der Waals surface area contributed by atoms with Crippen LogP contribution in [0.15, 0.2) is 29.6 Å². The van der Waals surface area contributed by atoms with Gasteiger partial charge in [-0.15, -0.1) is 11.3 Å². The van der Waals surface area contributed by atoms with Crippen molar-refractivity contribution >= 4 is 17.2 Å². The Labute approximate surface area is 115 Å². The lowest BCUT2D eigenvalue weighted by molar-refractivity contribution is 0.0954. The summed E-state index contributed by atoms with van der Waals surface area (Å²) >= 11 is 1.46. The van der Waals surface area contributed by atoms with Crippen LogP contribution in [0.5, 0.6) is 11.5 Å². The number of hydrogen-bond acceptors (Lipinski definition) is 4. The van der Waals surface area contributed by atoms with Gasteiger partial charge in [-0.1, -0.05) is 6.07 Å². The predicted octanol–water partition coefficient (Wildman–Crippen LogP) is 2.72. The largest absolute Gasteiger partial charge is 0.454 e. The zero-order chi connectivity index (χ0) is 13.2. The van der Waals surface area contributed by atoms with E-state index < -0.39 is 0 Å². The number of aryl methyl sites for hydroxylation is 1. The smallest absolute Gasteiger partial charge is 0.261 e. The van der Waals surface area contributed by atoms with Crippen LogP contribution in [-0.2, 0) is 6.54 Å². The Bertz CT molecular complexity index is 621. The Balaban J connectivity index is 1.66. The molecule has 0 saturated heterocycles. The molecule has 5 heteroatoms. The normalized spacial score (nSPS) is 12.5. The minimum absolute atomic E-state index is 0.0369. The van der Waals surface area contributed by atoms with E-state index in [9.17, 15) is 4.79 Å². The van der Waals surface area contributed by atoms with Gasteiger partial charge in [0, 0.05) is 6.54 Å². The Hall–Kier alpha value is -2.01. The van der Waals surface area contributed by atoms with Crippen molar-refractivity contribution in [3.05, 3.63) is 45.6 Å². The van der Waals surface area contributed by atoms with Crippen LogP contribution in [0.3, 0.4) is 0 Å². The van der Waals surface area contributed by atoms with E-state index in [0.717, 1.165) is 27.5 Å². The standard InChI is InChI=1S/C14H13NO3S/c1-9-4-5-19-13(9)14(16)15-7-10-2-3-11-12(6-10)18-8-17-11/h2-6H,7-8H2,1H3,(H,15,16). The van der Waals surface area contributed by atoms with Crippen molar-refractivity contribution in [1.29, 1.82) is 0 Å². The molecule has 0 radical (unpaired) electrons. The minimum Gasteiger partial charge on any atom is -0.454 e. The van der Waals surface area contributed by atoms with E-state index in [-0.39, 0.29) is 12.7 Å². The molecule has 1 aliphatic rings. The topological polar surface area (TPSA) is 47.6 Å². The van der Waals surface area contributed by atoms with Gasteiger partial charge in [0.15, 0.2) is 11.5 Å². The zero-order valence-corrected chi connectivity index (χ0v) is 11.3. The lowest BCUT2D eigenvalue weighted by Crippen LogP contribution is -2.22. The highest BCUT2D eigenvalue weighted by Gasteiger charge is 2.14. The monoisotopic (exact) mass is 275 g/mol. The third-order valence-corrected chi connectivity index (χ3v) is 3.97. The summed E-state index contributed by atoms with van der Waals surface area (Å²) in [7, 11) is 0. The number of carbonyl (C=O) groups excluding carboxylic acids is 1. The highest BCUT2D eigenvalue weighted by Crippen LogP contribution is 2.32. The van der Waals surface area contributed by atoms with E-state index in [1.54, 1.807) is 0 Å². The van der Waals surface area contributed by atoms with E-state index in [1.165, 1.54) is 11.3 Å². The van der Waals surface area contributed by atoms with Crippen molar-refractivity contribution in [3.63, 3.8) is 0 Å². The fourth-order valence-corrected chi connectivity index (χ4v) is 2.76. The molecule has 3 rings (SSSR count). The number of carbonyl (C=O) groups is 1. The number of fused-ring (bicyclic) bond motifs is 1. The maximum absolute atomic E-state index is 12.0. The van der Waals surface area contributed by atoms with Crippen molar-refractivity contribution in [3.8, 4) is 11.5 Å². The first-order valence-electron chi connectivity index (χ1n) is 5.95. The molecule has 2 heterocycles. The van der Waals surface area contributed by atoms with E-state index in [1.807, 2.05) is 36.6 Å². The highest BCUT2D eigenvalue weighted by atomic mass is 32.1. The van der Waals surface area contributed by atoms with Crippen LogP contribution >= 0.6 is 11.3 Å². The van der Waals surface area contributed by atoms with Crippen LogP contribution in [0.2, 0.25) is 0 Å². The van der Waals surface area contributed by atoms with Gasteiger partial charge in [0.25, 0.3) is 5.91 Å². The lowest BCUT2D eigenvalue weighted by Gasteiger charge is -2.05. The molecule has 4 nitrogen and oxygen atoms in total. The minimum atomic E-state index is -0.0369. The average molecular weight is 275 g/mol. The van der Waals surface area contributed by atoms with Crippen molar-refractivity contribution in [2.75, 3.05) is 6.79 Å². The van der Waals surface area contributed by atoms with E-state index in [2.05, 4.69) is 5.32 Å². The van der Waals surface area contributed by atoms with Gasteiger partial charge < -0.3 is 14.8 Å². The third kappa shape index (κ3) is 2.42. The summed E-state index contributed by atoms with van der Waals surface area (Å²) in [6.07, 6.45) is 0. The van der Waals surface area contributed by atoms with Gasteiger partial charge in [-0.05, 0) is 41.6 Å². The van der Waals surface area contributed by atoms with Crippen LogP contribution in [0, 0.1) is 6.92 Å². The van der Waals surface area contributed by atoms with Crippen LogP contribution in [0.4, 0.5) is 0 Å². The van der Waals surface area contributed by atoms with Gasteiger partial charge in [-0.25, -0.2) is 0 Å². The molecule has 0 aliphatic carbocycles. The predicted molar refractivity (Wildman–Crippen MR) is 72.8 cm³/mol. The molecule has 0 fully saturated rings. The molecule has 1 aromatic heterocycles. The van der Waals surface area contributed by atoms with Gasteiger partial charge in [0.05, 0.1) is 4.88 Å². The molecule has 0 bridgehead atoms. The molecule has 1 N–H and O–H groups in total. The van der Waals surface area contributed by atoms with Crippen LogP contribution in [0.1, 0.15) is 20.8 Å². The van der Waals surface area contributed by atoms with Gasteiger partial charge in [-0.2, -0.15) is 0 Å². The second-order valence-corrected chi connectivity index (χ2v) is 5.22. The molecule has 0 saturated carbocycles. The summed E-state index contributed by atoms with van der Waals surface area (Å²) in [5, 5.41) is 4.83. The molecule has 98 valence electrons. The number of nitrogens with one attached hydrogen (secondary N) is 1. The van der Waals surface area contributed by atoms with Crippen LogP contribution in [0.25, 0.3) is 0 Å². The third-order valence-electron chi connectivity index (χ3n) is 2.96. The summed E-state index contributed by atoms with van der Waals surface area (Å²) in [4.78, 5) is 12.7. The fourth-order valence-electron chi connectivity index (χ4n) is 1.92. The zero-order valence-electron chi connectivity index (χ0n) is 10.4. The maximum atomic E-state index is 12.0. The molecule has 1 amide bonds. The first-order chi connectivity index (χ1) is 9.24. The Morgan fingerprint density at radius 2 is 2.16 bits per heavy atom. The van der Waals surface area contributed by atoms with Gasteiger partial charge >= 0.3 is 0 Å². The number of hydrogen-bond donors (Lipinski definition) is 1. The number of ether oxygens (including phenoxy) is 2. The maximum Gasteiger partial charge on any atom is 0.261 e. The quantitative estimate of drug-likeness (QED) is 0.937. The first kappa shape index (κ1) is 12.0. The summed E-state index contributed by atoms with van der Waals surface area (Å²) in [5.74, 6) is 1.45. The Morgan fingerprint density at radius 3 is 2.95 bits per heavy atom. The molecule has 0 atom stereocenters. The second kappa shape index (κ2) is 4.93. The Morgan fingerprint density at radius 1 is 1.32 bits per heavy atom. The fraction of sp³-hybridized carbons (Fsp3) is 0.214. The Kier molecular flexibility index (Phi) is 3.13. The van der Waals surface area contributed by atoms with Crippen molar-refractivity contribution in [2.45, 2.75) is 13.5 Å². The van der Waals surface area contributed by atoms with Gasteiger partial charge in [-0.3, -0.25) is 4.79 Å². The average Bonchev–Trinajstić information content (AvgIpc) is 3.03.